The molecule has 11 heavy (non-hydrogen) atoms. The van der Waals surface area contributed by atoms with Crippen LogP contribution in [-0.4, -0.2) is 4.92 Å². The molecule has 0 nitrogen and oxygen atoms in total. The predicted molar refractivity (Wildman–Crippen MR) is 47.4 cm³/mol. The second kappa shape index (κ2) is 5.51. The first-order valence-electron chi connectivity index (χ1n) is 4.21. The van der Waals surface area contributed by atoms with Crippen molar-refractivity contribution in [1.29, 1.82) is 0 Å². The van der Waals surface area contributed by atoms with E-state index in [1.807, 2.05) is 0 Å². The van der Waals surface area contributed by atoms with Crippen molar-refractivity contribution < 1.29 is 14.5 Å². The molecule has 0 aromatic carbocycles. The molecule has 0 bridgehead atoms. The van der Waals surface area contributed by atoms with Crippen LogP contribution in [0.5, 0.6) is 0 Å². The summed E-state index contributed by atoms with van der Waals surface area (Å²) >= 11 is 1.20. The maximum atomic E-state index is 2.41. The molecule has 0 aliphatic heterocycles. The molecule has 0 amide bonds. The van der Waals surface area contributed by atoms with Crippen LogP contribution in [0.25, 0.3) is 0 Å². The van der Waals surface area contributed by atoms with Crippen molar-refractivity contribution in [1.82, 2.24) is 0 Å². The fraction of sp³-hybridized carbons (Fsp3) is 0.500. The van der Waals surface area contributed by atoms with Crippen molar-refractivity contribution in [2.75, 3.05) is 0 Å². The zero-order valence-corrected chi connectivity index (χ0v) is 8.10. The van der Waals surface area contributed by atoms with Gasteiger partial charge in [0.05, 0.1) is 0 Å². The molecule has 1 aliphatic carbocycles. The molecule has 0 atom stereocenters. The fourth-order valence-corrected chi connectivity index (χ4v) is 2.06. The number of unbranched alkanes of at least 4 members (excludes halogenated alkanes) is 2. The molecule has 0 aromatic rings. The molecule has 0 unspecified atom stereocenters. The topological polar surface area (TPSA) is 0 Å². The molecule has 0 saturated carbocycles. The molecule has 1 rings (SSSR count). The Morgan fingerprint density at radius 1 is 1.64 bits per heavy atom. The summed E-state index contributed by atoms with van der Waals surface area (Å²) in [6.07, 6.45) is 11.7. The van der Waals surface area contributed by atoms with Gasteiger partial charge in [0.2, 0.25) is 0 Å². The van der Waals surface area contributed by atoms with Crippen molar-refractivity contribution in [2.24, 2.45) is 0 Å². The minimum absolute atomic E-state index is 1.18. The third kappa shape index (κ3) is 3.69. The van der Waals surface area contributed by atoms with Gasteiger partial charge in [0.1, 0.15) is 0 Å². The van der Waals surface area contributed by atoms with E-state index < -0.39 is 0 Å². The van der Waals surface area contributed by atoms with Crippen molar-refractivity contribution in [3.05, 3.63) is 22.7 Å². The van der Waals surface area contributed by atoms with Gasteiger partial charge in [-0.1, -0.05) is 0 Å². The number of rotatable bonds is 4. The van der Waals surface area contributed by atoms with Gasteiger partial charge in [-0.15, -0.1) is 0 Å². The second-order valence-electron chi connectivity index (χ2n) is 2.62. The Balaban J connectivity index is 2.15. The van der Waals surface area contributed by atoms with Gasteiger partial charge in [0.25, 0.3) is 0 Å². The molecule has 1 heteroatoms. The summed E-state index contributed by atoms with van der Waals surface area (Å²) in [5, 5.41) is 0. The summed E-state index contributed by atoms with van der Waals surface area (Å²) in [4.78, 5) is 2.41. The molecule has 0 saturated heterocycles. The number of hydrogen-bond donors (Lipinski definition) is 0. The summed E-state index contributed by atoms with van der Waals surface area (Å²) < 4.78 is 1.57. The molecule has 0 radical (unpaired) electrons. The normalized spacial score (nSPS) is 17.0. The SMILES string of the molecule is CCCC[CH]=[Fe][C]1=CC=CC1. The minimum atomic E-state index is 1.18. The van der Waals surface area contributed by atoms with E-state index >= 15 is 0 Å². The van der Waals surface area contributed by atoms with Crippen LogP contribution in [-0.2, 0) is 14.5 Å². The monoisotopic (exact) mass is 191 g/mol. The van der Waals surface area contributed by atoms with Crippen molar-refractivity contribution in [3.63, 3.8) is 0 Å². The van der Waals surface area contributed by atoms with Crippen LogP contribution in [0.1, 0.15) is 32.6 Å². The predicted octanol–water partition coefficient (Wildman–Crippen LogP) is 2.91. The Labute approximate surface area is 75.1 Å². The van der Waals surface area contributed by atoms with Gasteiger partial charge in [0.15, 0.2) is 0 Å². The first-order chi connectivity index (χ1) is 5.43. The van der Waals surface area contributed by atoms with E-state index in [-0.39, 0.29) is 0 Å². The number of hydrogen-bond acceptors (Lipinski definition) is 0. The van der Waals surface area contributed by atoms with Crippen molar-refractivity contribution in [2.45, 2.75) is 32.6 Å². The molecule has 0 N–H and O–H groups in total. The third-order valence-corrected chi connectivity index (χ3v) is 2.94. The van der Waals surface area contributed by atoms with E-state index in [1.165, 1.54) is 40.2 Å². The summed E-state index contributed by atoms with van der Waals surface area (Å²) in [7, 11) is 0. The van der Waals surface area contributed by atoms with Crippen molar-refractivity contribution >= 4 is 4.92 Å². The van der Waals surface area contributed by atoms with Crippen LogP contribution in [0.15, 0.2) is 22.7 Å². The molecule has 1 aliphatic rings. The standard InChI is InChI=1S/C5H5.C5H10.Fe/c1-2-4-5-3-1;1-3-5-4-2;/h1-3H,4H2;1H,3-5H2,2H3;. The Bertz CT molecular complexity index is 187. The van der Waals surface area contributed by atoms with E-state index in [9.17, 15) is 0 Å². The van der Waals surface area contributed by atoms with Gasteiger partial charge < -0.3 is 0 Å². The summed E-state index contributed by atoms with van der Waals surface area (Å²) in [6, 6.07) is 0. The van der Waals surface area contributed by atoms with Crippen LogP contribution >= 0.6 is 0 Å². The molecule has 0 heterocycles. The quantitative estimate of drug-likeness (QED) is 0.473. The van der Waals surface area contributed by atoms with Crippen LogP contribution < -0.4 is 0 Å². The van der Waals surface area contributed by atoms with Gasteiger partial charge >= 0.3 is 74.7 Å². The summed E-state index contributed by atoms with van der Waals surface area (Å²) in [5.41, 5.74) is 0. The average molecular weight is 191 g/mol. The van der Waals surface area contributed by atoms with E-state index in [1.54, 1.807) is 4.47 Å². The van der Waals surface area contributed by atoms with E-state index in [2.05, 4.69) is 30.1 Å². The number of allylic oxidation sites excluding steroid dienone is 4. The molecular weight excluding hydrogens is 176 g/mol. The van der Waals surface area contributed by atoms with Gasteiger partial charge in [-0.05, 0) is 0 Å². The fourth-order valence-electron chi connectivity index (χ4n) is 0.912. The van der Waals surface area contributed by atoms with Gasteiger partial charge in [-0.25, -0.2) is 0 Å². The van der Waals surface area contributed by atoms with E-state index in [0.29, 0.717) is 0 Å². The summed E-state index contributed by atoms with van der Waals surface area (Å²) in [6.45, 7) is 2.24. The zero-order chi connectivity index (χ0) is 7.94. The molecule has 0 fully saturated rings. The first kappa shape index (κ1) is 8.96. The Morgan fingerprint density at radius 3 is 3.18 bits per heavy atom. The van der Waals surface area contributed by atoms with Gasteiger partial charge in [-0.2, -0.15) is 0 Å². The van der Waals surface area contributed by atoms with E-state index in [0.717, 1.165) is 0 Å². The zero-order valence-electron chi connectivity index (χ0n) is 6.99. The average Bonchev–Trinajstić information content (AvgIpc) is 2.50. The molecular formula is C10H15Fe. The maximum absolute atomic E-state index is 2.41. The summed E-state index contributed by atoms with van der Waals surface area (Å²) in [5.74, 6) is 0. The Morgan fingerprint density at radius 2 is 2.55 bits per heavy atom. The Kier molecular flexibility index (Phi) is 4.49. The Hall–Kier alpha value is -0.131. The van der Waals surface area contributed by atoms with Gasteiger partial charge in [0, 0.05) is 0 Å². The van der Waals surface area contributed by atoms with Crippen LogP contribution in [0.4, 0.5) is 0 Å². The molecule has 0 aromatic heterocycles. The van der Waals surface area contributed by atoms with E-state index in [4.69, 9.17) is 0 Å². The molecule has 0 spiro atoms. The third-order valence-electron chi connectivity index (χ3n) is 1.58. The molecule has 63 valence electrons. The van der Waals surface area contributed by atoms with Crippen LogP contribution in [0.2, 0.25) is 0 Å². The van der Waals surface area contributed by atoms with Gasteiger partial charge in [-0.3, -0.25) is 0 Å². The second-order valence-corrected chi connectivity index (χ2v) is 4.10. The van der Waals surface area contributed by atoms with Crippen LogP contribution in [0, 0.1) is 0 Å². The van der Waals surface area contributed by atoms with Crippen LogP contribution in [0.3, 0.4) is 0 Å². The first-order valence-corrected chi connectivity index (χ1v) is 5.40. The van der Waals surface area contributed by atoms with Crippen molar-refractivity contribution in [3.8, 4) is 0 Å².